The molecule has 0 unspecified atom stereocenters. The van der Waals surface area contributed by atoms with Gasteiger partial charge in [0.1, 0.15) is 0 Å². The van der Waals surface area contributed by atoms with Gasteiger partial charge >= 0.3 is 0 Å². The van der Waals surface area contributed by atoms with Gasteiger partial charge in [0.05, 0.1) is 11.2 Å². The fourth-order valence-corrected chi connectivity index (χ4v) is 1.77. The molecule has 0 atom stereocenters. The maximum absolute atomic E-state index is 11.6. The number of nitrogens with one attached hydrogen (secondary N) is 2. The molecule has 4 N–H and O–H groups in total. The molecular weight excluding hydrogens is 224 g/mol. The third-order valence-corrected chi connectivity index (χ3v) is 2.95. The highest BCUT2D eigenvalue weighted by molar-refractivity contribution is 5.94. The summed E-state index contributed by atoms with van der Waals surface area (Å²) in [4.78, 5) is 24.8. The number of carbonyl (C=O) groups excluding carboxylic acids is 1. The SMILES string of the molecule is O=C(NCC1(O)CCC1)c1cc(O)[nH]c(=O)c1. The summed E-state index contributed by atoms with van der Waals surface area (Å²) >= 11 is 0. The standard InChI is InChI=1S/C11H14N2O4/c14-8-4-7(5-9(15)13-8)10(16)12-6-11(17)2-1-3-11/h4-5,17H,1-3,6H2,(H,12,16)(H2,13,14,15). The van der Waals surface area contributed by atoms with Crippen molar-refractivity contribution in [2.75, 3.05) is 6.54 Å². The molecule has 1 saturated carbocycles. The smallest absolute Gasteiger partial charge is 0.251 e. The predicted octanol–water partition coefficient (Wildman–Crippen LogP) is -0.275. The minimum absolute atomic E-state index is 0.0779. The van der Waals surface area contributed by atoms with E-state index in [2.05, 4.69) is 10.3 Å². The summed E-state index contributed by atoms with van der Waals surface area (Å²) in [6, 6.07) is 2.27. The molecule has 0 saturated heterocycles. The van der Waals surface area contributed by atoms with Crippen LogP contribution in [0.2, 0.25) is 0 Å². The first-order chi connectivity index (χ1) is 7.98. The van der Waals surface area contributed by atoms with Gasteiger partial charge in [0.2, 0.25) is 0 Å². The second-order valence-electron chi connectivity index (χ2n) is 4.38. The number of carbonyl (C=O) groups is 1. The first-order valence-corrected chi connectivity index (χ1v) is 5.42. The van der Waals surface area contributed by atoms with Crippen molar-refractivity contribution in [3.8, 4) is 5.88 Å². The van der Waals surface area contributed by atoms with E-state index in [-0.39, 0.29) is 18.0 Å². The zero-order valence-corrected chi connectivity index (χ0v) is 9.19. The molecule has 17 heavy (non-hydrogen) atoms. The summed E-state index contributed by atoms with van der Waals surface area (Å²) in [5.41, 5.74) is -1.27. The molecule has 2 rings (SSSR count). The van der Waals surface area contributed by atoms with E-state index in [1.807, 2.05) is 0 Å². The van der Waals surface area contributed by atoms with Gasteiger partial charge < -0.3 is 15.5 Å². The lowest BCUT2D eigenvalue weighted by Crippen LogP contribution is -2.47. The normalized spacial score (nSPS) is 17.2. The second kappa shape index (κ2) is 4.21. The van der Waals surface area contributed by atoms with Gasteiger partial charge in [0, 0.05) is 18.7 Å². The third kappa shape index (κ3) is 2.65. The largest absolute Gasteiger partial charge is 0.494 e. The van der Waals surface area contributed by atoms with Crippen LogP contribution in [0.4, 0.5) is 0 Å². The predicted molar refractivity (Wildman–Crippen MR) is 59.9 cm³/mol. The van der Waals surface area contributed by atoms with Crippen LogP contribution < -0.4 is 10.9 Å². The molecule has 1 aliphatic rings. The van der Waals surface area contributed by atoms with Crippen molar-refractivity contribution >= 4 is 5.91 Å². The monoisotopic (exact) mass is 238 g/mol. The number of hydrogen-bond donors (Lipinski definition) is 4. The van der Waals surface area contributed by atoms with Crippen LogP contribution in [0.15, 0.2) is 16.9 Å². The summed E-state index contributed by atoms with van der Waals surface area (Å²) in [6.45, 7) is 0.166. The van der Waals surface area contributed by atoms with Crippen LogP contribution in [0.5, 0.6) is 5.88 Å². The van der Waals surface area contributed by atoms with Crippen molar-refractivity contribution in [1.29, 1.82) is 0 Å². The van der Waals surface area contributed by atoms with Crippen molar-refractivity contribution in [1.82, 2.24) is 10.3 Å². The van der Waals surface area contributed by atoms with E-state index >= 15 is 0 Å². The molecular formula is C11H14N2O4. The Bertz CT molecular complexity index is 490. The van der Waals surface area contributed by atoms with E-state index in [0.29, 0.717) is 12.8 Å². The first-order valence-electron chi connectivity index (χ1n) is 5.42. The zero-order chi connectivity index (χ0) is 12.5. The average Bonchev–Trinajstić information content (AvgIpc) is 2.22. The van der Waals surface area contributed by atoms with Gasteiger partial charge in [-0.05, 0) is 19.3 Å². The number of amides is 1. The van der Waals surface area contributed by atoms with E-state index in [0.717, 1.165) is 12.5 Å². The fraction of sp³-hybridized carbons (Fsp3) is 0.455. The molecule has 0 aliphatic heterocycles. The number of H-pyrrole nitrogens is 1. The Hall–Kier alpha value is -1.82. The van der Waals surface area contributed by atoms with E-state index in [1.165, 1.54) is 6.07 Å². The molecule has 1 aromatic heterocycles. The summed E-state index contributed by atoms with van der Waals surface area (Å²) in [7, 11) is 0. The van der Waals surface area contributed by atoms with Gasteiger partial charge in [-0.3, -0.25) is 14.6 Å². The number of aromatic nitrogens is 1. The lowest BCUT2D eigenvalue weighted by molar-refractivity contribution is -0.0300. The molecule has 6 heteroatoms. The molecule has 1 amide bonds. The van der Waals surface area contributed by atoms with E-state index < -0.39 is 17.1 Å². The highest BCUT2D eigenvalue weighted by atomic mass is 16.3. The Morgan fingerprint density at radius 3 is 2.71 bits per heavy atom. The topological polar surface area (TPSA) is 102 Å². The molecule has 6 nitrogen and oxygen atoms in total. The Kier molecular flexibility index (Phi) is 2.89. The molecule has 1 aromatic rings. The van der Waals surface area contributed by atoms with Crippen LogP contribution in [0.25, 0.3) is 0 Å². The molecule has 1 aliphatic carbocycles. The number of rotatable bonds is 3. The Labute approximate surface area is 97.3 Å². The van der Waals surface area contributed by atoms with Crippen molar-refractivity contribution in [3.63, 3.8) is 0 Å². The maximum Gasteiger partial charge on any atom is 0.251 e. The summed E-state index contributed by atoms with van der Waals surface area (Å²) < 4.78 is 0. The first kappa shape index (κ1) is 11.7. The molecule has 0 spiro atoms. The molecule has 92 valence electrons. The minimum Gasteiger partial charge on any atom is -0.494 e. The van der Waals surface area contributed by atoms with Crippen LogP contribution in [0.3, 0.4) is 0 Å². The Morgan fingerprint density at radius 2 is 2.18 bits per heavy atom. The molecule has 1 fully saturated rings. The molecule has 0 bridgehead atoms. The molecule has 0 aromatic carbocycles. The van der Waals surface area contributed by atoms with Gasteiger partial charge in [0.25, 0.3) is 11.5 Å². The number of aromatic hydroxyl groups is 1. The number of hydrogen-bond acceptors (Lipinski definition) is 4. The minimum atomic E-state index is -0.807. The van der Waals surface area contributed by atoms with Crippen molar-refractivity contribution in [2.24, 2.45) is 0 Å². The Morgan fingerprint density at radius 1 is 1.47 bits per heavy atom. The maximum atomic E-state index is 11.6. The fourth-order valence-electron chi connectivity index (χ4n) is 1.77. The van der Waals surface area contributed by atoms with Crippen molar-refractivity contribution < 1.29 is 15.0 Å². The van der Waals surface area contributed by atoms with Crippen molar-refractivity contribution in [2.45, 2.75) is 24.9 Å². The Balaban J connectivity index is 2.01. The summed E-state index contributed by atoms with van der Waals surface area (Å²) in [5, 5.41) is 21.5. The van der Waals surface area contributed by atoms with Crippen LogP contribution >= 0.6 is 0 Å². The van der Waals surface area contributed by atoms with Crippen LogP contribution in [0.1, 0.15) is 29.6 Å². The third-order valence-electron chi connectivity index (χ3n) is 2.95. The van der Waals surface area contributed by atoms with E-state index in [9.17, 15) is 14.7 Å². The van der Waals surface area contributed by atoms with Gasteiger partial charge in [-0.15, -0.1) is 0 Å². The lowest BCUT2D eigenvalue weighted by Gasteiger charge is -2.36. The number of pyridine rings is 1. The van der Waals surface area contributed by atoms with Crippen molar-refractivity contribution in [3.05, 3.63) is 28.0 Å². The second-order valence-corrected chi connectivity index (χ2v) is 4.38. The highest BCUT2D eigenvalue weighted by Gasteiger charge is 2.34. The highest BCUT2D eigenvalue weighted by Crippen LogP contribution is 2.30. The average molecular weight is 238 g/mol. The summed E-state index contributed by atoms with van der Waals surface area (Å²) in [5.74, 6) is -0.836. The molecule has 1 heterocycles. The number of aromatic amines is 1. The van der Waals surface area contributed by atoms with Crippen LogP contribution in [0, 0.1) is 0 Å². The summed E-state index contributed by atoms with van der Waals surface area (Å²) in [6.07, 6.45) is 2.31. The van der Waals surface area contributed by atoms with E-state index in [4.69, 9.17) is 5.11 Å². The van der Waals surface area contributed by atoms with Crippen LogP contribution in [-0.2, 0) is 0 Å². The van der Waals surface area contributed by atoms with Gasteiger partial charge in [-0.1, -0.05) is 0 Å². The van der Waals surface area contributed by atoms with Gasteiger partial charge in [-0.2, -0.15) is 0 Å². The van der Waals surface area contributed by atoms with Crippen LogP contribution in [-0.4, -0.2) is 33.3 Å². The number of aliphatic hydroxyl groups is 1. The van der Waals surface area contributed by atoms with Gasteiger partial charge in [-0.25, -0.2) is 0 Å². The lowest BCUT2D eigenvalue weighted by atomic mass is 9.80. The molecule has 0 radical (unpaired) electrons. The van der Waals surface area contributed by atoms with E-state index in [1.54, 1.807) is 0 Å². The quantitative estimate of drug-likeness (QED) is 0.581. The zero-order valence-electron chi connectivity index (χ0n) is 9.19. The van der Waals surface area contributed by atoms with Gasteiger partial charge in [0.15, 0.2) is 5.88 Å².